The lowest BCUT2D eigenvalue weighted by atomic mass is 9.89. The van der Waals surface area contributed by atoms with E-state index < -0.39 is 5.97 Å². The Hall–Kier alpha value is -4.62. The number of H-pyrrole nitrogens is 1. The van der Waals surface area contributed by atoms with Gasteiger partial charge in [-0.05, 0) is 37.1 Å². The van der Waals surface area contributed by atoms with E-state index in [9.17, 15) is 14.7 Å². The first-order valence-electron chi connectivity index (χ1n) is 15.4. The number of fused-ring (bicyclic) bond motifs is 2. The SMILES string of the molecule is CC.CC.Cc1cc(N2CCC(C)(c3nn[nH]n3)C2)cn2nc(C(=O)N3CC4CN(c5cccc(C(=O)O)n5)CC4C3)nc12. The van der Waals surface area contributed by atoms with Crippen molar-refractivity contribution in [3.63, 3.8) is 0 Å². The molecule has 44 heavy (non-hydrogen) atoms. The molecule has 3 saturated heterocycles. The molecule has 0 spiro atoms. The molecule has 3 unspecified atom stereocenters. The van der Waals surface area contributed by atoms with Crippen LogP contribution in [0.25, 0.3) is 5.65 Å². The molecule has 2 N–H and O–H groups in total. The first kappa shape index (κ1) is 30.8. The maximum absolute atomic E-state index is 13.5. The van der Waals surface area contributed by atoms with Crippen LogP contribution in [-0.4, -0.2) is 101 Å². The Morgan fingerprint density at radius 2 is 1.75 bits per heavy atom. The van der Waals surface area contributed by atoms with E-state index in [1.165, 1.54) is 6.07 Å². The van der Waals surface area contributed by atoms with Crippen LogP contribution in [-0.2, 0) is 5.41 Å². The van der Waals surface area contributed by atoms with Gasteiger partial charge >= 0.3 is 5.97 Å². The van der Waals surface area contributed by atoms with Gasteiger partial charge in [-0.3, -0.25) is 4.79 Å². The lowest BCUT2D eigenvalue weighted by Crippen LogP contribution is -2.34. The number of aromatic amines is 1. The number of nitrogens with one attached hydrogen (secondary N) is 1. The van der Waals surface area contributed by atoms with Gasteiger partial charge in [-0.25, -0.2) is 19.3 Å². The molecule has 4 aromatic rings. The number of aromatic nitrogens is 8. The number of pyridine rings is 2. The molecule has 0 aromatic carbocycles. The highest BCUT2D eigenvalue weighted by Gasteiger charge is 2.43. The van der Waals surface area contributed by atoms with Gasteiger partial charge in [0.15, 0.2) is 17.2 Å². The number of hydrogen-bond donors (Lipinski definition) is 2. The molecular weight excluding hydrogens is 562 g/mol. The number of aromatic carboxylic acids is 1. The van der Waals surface area contributed by atoms with Gasteiger partial charge in [-0.1, -0.05) is 45.9 Å². The van der Waals surface area contributed by atoms with Crippen LogP contribution in [0.3, 0.4) is 0 Å². The molecule has 3 aliphatic heterocycles. The third kappa shape index (κ3) is 5.67. The Morgan fingerprint density at radius 1 is 1.02 bits per heavy atom. The third-order valence-corrected chi connectivity index (χ3v) is 8.57. The van der Waals surface area contributed by atoms with E-state index in [0.717, 1.165) is 43.9 Å². The molecule has 3 fully saturated rings. The molecule has 14 nitrogen and oxygen atoms in total. The molecule has 0 aliphatic carbocycles. The second-order valence-corrected chi connectivity index (χ2v) is 11.4. The summed E-state index contributed by atoms with van der Waals surface area (Å²) in [4.78, 5) is 39.9. The zero-order chi connectivity index (χ0) is 31.6. The molecule has 0 saturated carbocycles. The largest absolute Gasteiger partial charge is 0.477 e. The molecule has 0 radical (unpaired) electrons. The molecule has 3 atom stereocenters. The van der Waals surface area contributed by atoms with E-state index in [-0.39, 0.29) is 34.7 Å². The van der Waals surface area contributed by atoms with Crippen molar-refractivity contribution in [3.05, 3.63) is 53.4 Å². The van der Waals surface area contributed by atoms with Crippen molar-refractivity contribution in [1.82, 2.24) is 45.1 Å². The van der Waals surface area contributed by atoms with Crippen LogP contribution in [0.1, 0.15) is 73.5 Å². The Morgan fingerprint density at radius 3 is 2.41 bits per heavy atom. The number of carboxylic acids is 1. The average Bonchev–Trinajstić information content (AvgIpc) is 3.87. The highest BCUT2D eigenvalue weighted by molar-refractivity contribution is 5.91. The number of aryl methyl sites for hydroxylation is 1. The van der Waals surface area contributed by atoms with Gasteiger partial charge in [0.25, 0.3) is 5.91 Å². The van der Waals surface area contributed by atoms with E-state index in [4.69, 9.17) is 0 Å². The maximum Gasteiger partial charge on any atom is 0.354 e. The molecule has 7 heterocycles. The normalized spacial score (nSPS) is 22.4. The van der Waals surface area contributed by atoms with Gasteiger partial charge in [0.2, 0.25) is 5.82 Å². The number of carbonyl (C=O) groups is 2. The monoisotopic (exact) mass is 603 g/mol. The first-order valence-corrected chi connectivity index (χ1v) is 15.4. The number of anilines is 2. The fourth-order valence-electron chi connectivity index (χ4n) is 6.38. The predicted octanol–water partition coefficient (Wildman–Crippen LogP) is 3.07. The molecule has 1 amide bonds. The maximum atomic E-state index is 13.5. The Bertz CT molecular complexity index is 1610. The van der Waals surface area contributed by atoms with Crippen LogP contribution in [0.2, 0.25) is 0 Å². The van der Waals surface area contributed by atoms with E-state index in [0.29, 0.717) is 30.4 Å². The summed E-state index contributed by atoms with van der Waals surface area (Å²) in [5.74, 6) is 0.944. The van der Waals surface area contributed by atoms with Gasteiger partial charge in [0, 0.05) is 51.1 Å². The van der Waals surface area contributed by atoms with Crippen LogP contribution < -0.4 is 9.80 Å². The van der Waals surface area contributed by atoms with Crippen LogP contribution in [0.5, 0.6) is 0 Å². The zero-order valence-electron chi connectivity index (χ0n) is 26.2. The van der Waals surface area contributed by atoms with E-state index in [1.54, 1.807) is 10.6 Å². The minimum absolute atomic E-state index is 0.0356. The summed E-state index contributed by atoms with van der Waals surface area (Å²) in [6.07, 6.45) is 2.84. The lowest BCUT2D eigenvalue weighted by Gasteiger charge is -2.22. The number of carboxylic acid groups (broad SMARTS) is 1. The Balaban J connectivity index is 0.000000924. The predicted molar refractivity (Wildman–Crippen MR) is 165 cm³/mol. The highest BCUT2D eigenvalue weighted by Crippen LogP contribution is 2.36. The standard InChI is InChI=1S/C26H29N11O3.2C2H6/c1-15-8-18(34-7-6-26(2,14-34)25-29-32-33-30-25)13-37-22(15)28-21(31-37)23(38)36-11-16-9-35(10-17(16)12-36)20-5-3-4-19(27-20)24(39)40;2*1-2/h3-5,8,13,16-17H,6-7,9-12,14H2,1-2H3,(H,39,40)(H,29,30,32,33);2*1-2H3. The molecule has 0 bridgehead atoms. The minimum atomic E-state index is -1.04. The van der Waals surface area contributed by atoms with Crippen LogP contribution >= 0.6 is 0 Å². The number of likely N-dealkylation sites (tertiary alicyclic amines) is 1. The zero-order valence-corrected chi connectivity index (χ0v) is 26.2. The smallest absolute Gasteiger partial charge is 0.354 e. The summed E-state index contributed by atoms with van der Waals surface area (Å²) in [6, 6.07) is 7.13. The van der Waals surface area contributed by atoms with Crippen molar-refractivity contribution in [2.24, 2.45) is 11.8 Å². The number of carbonyl (C=O) groups excluding carboxylic acids is 1. The van der Waals surface area contributed by atoms with E-state index in [2.05, 4.69) is 58.5 Å². The third-order valence-electron chi connectivity index (χ3n) is 8.57. The van der Waals surface area contributed by atoms with Crippen LogP contribution in [0.15, 0.2) is 30.5 Å². The number of rotatable bonds is 5. The van der Waals surface area contributed by atoms with Crippen LogP contribution in [0, 0.1) is 18.8 Å². The fourth-order valence-corrected chi connectivity index (χ4v) is 6.38. The van der Waals surface area contributed by atoms with Gasteiger partial charge in [-0.15, -0.1) is 15.3 Å². The summed E-state index contributed by atoms with van der Waals surface area (Å²) < 4.78 is 1.71. The summed E-state index contributed by atoms with van der Waals surface area (Å²) in [6.45, 7) is 16.4. The quantitative estimate of drug-likeness (QED) is 0.345. The Labute approximate surface area is 256 Å². The summed E-state index contributed by atoms with van der Waals surface area (Å²) in [5, 5.41) is 28.5. The average molecular weight is 604 g/mol. The molecule has 14 heteroatoms. The fraction of sp³-hybridized carbons (Fsp3) is 0.533. The van der Waals surface area contributed by atoms with Gasteiger partial charge in [-0.2, -0.15) is 5.21 Å². The van der Waals surface area contributed by atoms with Gasteiger partial charge in [0.1, 0.15) is 5.82 Å². The van der Waals surface area contributed by atoms with Gasteiger partial charge in [0.05, 0.1) is 17.3 Å². The van der Waals surface area contributed by atoms with Crippen molar-refractivity contribution in [2.75, 3.05) is 49.1 Å². The van der Waals surface area contributed by atoms with Crippen molar-refractivity contribution in [2.45, 2.75) is 53.4 Å². The molecule has 234 valence electrons. The first-order chi connectivity index (χ1) is 21.3. The van der Waals surface area contributed by atoms with Crippen molar-refractivity contribution in [3.8, 4) is 0 Å². The van der Waals surface area contributed by atoms with Gasteiger partial charge < -0.3 is 19.8 Å². The Kier molecular flexibility index (Phi) is 8.79. The summed E-state index contributed by atoms with van der Waals surface area (Å²) >= 11 is 0. The van der Waals surface area contributed by atoms with Crippen molar-refractivity contribution >= 4 is 29.0 Å². The second kappa shape index (κ2) is 12.5. The number of tetrazole rings is 1. The topological polar surface area (TPSA) is 162 Å². The van der Waals surface area contributed by atoms with Crippen LogP contribution in [0.4, 0.5) is 11.5 Å². The number of amides is 1. The molecule has 4 aromatic heterocycles. The summed E-state index contributed by atoms with van der Waals surface area (Å²) in [7, 11) is 0. The van der Waals surface area contributed by atoms with E-state index >= 15 is 0 Å². The van der Waals surface area contributed by atoms with Crippen molar-refractivity contribution < 1.29 is 14.7 Å². The second-order valence-electron chi connectivity index (χ2n) is 11.4. The number of nitrogens with zero attached hydrogens (tertiary/aromatic N) is 10. The molecular formula is C30H41N11O3. The van der Waals surface area contributed by atoms with E-state index in [1.807, 2.05) is 51.8 Å². The summed E-state index contributed by atoms with van der Waals surface area (Å²) in [5.41, 5.74) is 2.47. The molecule has 3 aliphatic rings. The number of hydrogen-bond acceptors (Lipinski definition) is 10. The van der Waals surface area contributed by atoms with Crippen molar-refractivity contribution in [1.29, 1.82) is 0 Å². The highest BCUT2D eigenvalue weighted by atomic mass is 16.4. The lowest BCUT2D eigenvalue weighted by molar-refractivity contribution is 0.0689. The molecule has 7 rings (SSSR count). The minimum Gasteiger partial charge on any atom is -0.477 e.